The minimum absolute atomic E-state index is 0.347. The van der Waals surface area contributed by atoms with Gasteiger partial charge in [0, 0.05) is 12.3 Å². The van der Waals surface area contributed by atoms with Gasteiger partial charge in [0.25, 0.3) is 0 Å². The van der Waals surface area contributed by atoms with E-state index in [0.29, 0.717) is 25.2 Å². The lowest BCUT2D eigenvalue weighted by Gasteiger charge is -2.22. The molecule has 8 heteroatoms. The second-order valence-corrected chi connectivity index (χ2v) is 7.07. The number of nitrogens with one attached hydrogen (secondary N) is 1. The van der Waals surface area contributed by atoms with E-state index < -0.39 is 17.5 Å². The van der Waals surface area contributed by atoms with Crippen molar-refractivity contribution in [1.29, 1.82) is 0 Å². The van der Waals surface area contributed by atoms with Crippen LogP contribution in [0.2, 0.25) is 0 Å². The van der Waals surface area contributed by atoms with Gasteiger partial charge in [-0.15, -0.1) is 10.2 Å². The molecule has 1 unspecified atom stereocenters. The zero-order valence-electron chi connectivity index (χ0n) is 14.9. The van der Waals surface area contributed by atoms with Gasteiger partial charge in [0.2, 0.25) is 0 Å². The molecule has 1 fully saturated rings. The van der Waals surface area contributed by atoms with Crippen molar-refractivity contribution in [3.05, 3.63) is 41.2 Å². The van der Waals surface area contributed by atoms with Crippen LogP contribution in [0.15, 0.2) is 24.3 Å². The lowest BCUT2D eigenvalue weighted by molar-refractivity contribution is -0.642. The van der Waals surface area contributed by atoms with E-state index in [2.05, 4.69) is 25.9 Å². The maximum atomic E-state index is 11.8. The van der Waals surface area contributed by atoms with Crippen molar-refractivity contribution in [2.45, 2.75) is 44.1 Å². The van der Waals surface area contributed by atoms with Gasteiger partial charge in [-0.2, -0.15) is 5.21 Å². The highest BCUT2D eigenvalue weighted by atomic mass is 16.4. The van der Waals surface area contributed by atoms with Crippen molar-refractivity contribution in [1.82, 2.24) is 20.6 Å². The van der Waals surface area contributed by atoms with E-state index in [0.717, 1.165) is 30.5 Å². The van der Waals surface area contributed by atoms with Crippen molar-refractivity contribution in [3.63, 3.8) is 0 Å². The molecule has 1 saturated heterocycles. The number of hydrogen-bond donors (Lipinski definition) is 4. The number of aliphatic carboxylic acids is 1. The molecule has 2 aromatic rings. The third kappa shape index (κ3) is 3.91. The number of nitrogens with zero attached hydrogens (tertiary/aromatic N) is 3. The molecule has 1 aromatic heterocycles. The van der Waals surface area contributed by atoms with Crippen LogP contribution in [-0.4, -0.2) is 49.9 Å². The van der Waals surface area contributed by atoms with Crippen LogP contribution in [0, 0.1) is 5.92 Å². The van der Waals surface area contributed by atoms with Crippen LogP contribution >= 0.6 is 0 Å². The minimum Gasteiger partial charge on any atom is -0.481 e. The maximum Gasteiger partial charge on any atom is 0.307 e. The van der Waals surface area contributed by atoms with Crippen molar-refractivity contribution < 1.29 is 20.3 Å². The van der Waals surface area contributed by atoms with Gasteiger partial charge in [-0.3, -0.25) is 4.79 Å². The van der Waals surface area contributed by atoms with E-state index in [9.17, 15) is 15.0 Å². The molecule has 140 valence electrons. The van der Waals surface area contributed by atoms with E-state index in [1.807, 2.05) is 31.2 Å². The third-order valence-electron chi connectivity index (χ3n) is 5.29. The second kappa shape index (κ2) is 7.92. The Morgan fingerprint density at radius 3 is 2.69 bits per heavy atom. The lowest BCUT2D eigenvalue weighted by Crippen LogP contribution is -2.82. The summed E-state index contributed by atoms with van der Waals surface area (Å²) in [4.78, 5) is 11.8. The Hall–Kier alpha value is -2.32. The first-order valence-electron chi connectivity index (χ1n) is 9.13. The Morgan fingerprint density at radius 2 is 2.15 bits per heavy atom. The Morgan fingerprint density at radius 1 is 1.38 bits per heavy atom. The van der Waals surface area contributed by atoms with Crippen molar-refractivity contribution in [2.24, 2.45) is 5.92 Å². The number of hydrogen-bond acceptors (Lipinski definition) is 5. The van der Waals surface area contributed by atoms with Gasteiger partial charge in [0.15, 0.2) is 5.82 Å². The monoisotopic (exact) mass is 360 g/mol. The molecule has 0 aliphatic carbocycles. The van der Waals surface area contributed by atoms with Gasteiger partial charge in [-0.25, -0.2) is 0 Å². The summed E-state index contributed by atoms with van der Waals surface area (Å²) >= 11 is 0. The first-order chi connectivity index (χ1) is 12.5. The molecule has 0 amide bonds. The number of quaternary nitrogens is 1. The van der Waals surface area contributed by atoms with Crippen molar-refractivity contribution >= 4 is 5.97 Å². The highest BCUT2D eigenvalue weighted by Gasteiger charge is 2.36. The van der Waals surface area contributed by atoms with Crippen molar-refractivity contribution in [3.8, 4) is 0 Å². The topological polar surface area (TPSA) is 129 Å². The fraction of sp³-hybridized carbons (Fsp3) is 0.556. The summed E-state index contributed by atoms with van der Waals surface area (Å²) in [6.07, 6.45) is 2.59. The van der Waals surface area contributed by atoms with Gasteiger partial charge in [0.05, 0.1) is 12.5 Å². The van der Waals surface area contributed by atoms with Crippen LogP contribution < -0.4 is 5.32 Å². The Kier molecular flexibility index (Phi) is 5.63. The molecule has 3 rings (SSSR count). The van der Waals surface area contributed by atoms with Crippen LogP contribution in [0.4, 0.5) is 0 Å². The molecule has 8 nitrogen and oxygen atoms in total. The van der Waals surface area contributed by atoms with Crippen LogP contribution in [0.1, 0.15) is 49.1 Å². The summed E-state index contributed by atoms with van der Waals surface area (Å²) in [6, 6.07) is 7.81. The summed E-state index contributed by atoms with van der Waals surface area (Å²) in [5.41, 5.74) is 1.14. The van der Waals surface area contributed by atoms with Crippen LogP contribution in [0.5, 0.6) is 0 Å². The molecule has 1 aliphatic rings. The SMILES string of the molecule is CCC[C@H](C(=O)O)[C@H](Cc1ccc(C2(O)CC[NH2+]C2)cc1)c1nn[nH]n1. The maximum absolute atomic E-state index is 11.8. The molecule has 3 atom stereocenters. The standard InChI is InChI=1S/C18H25N5O3/c1-2-3-14(17(24)25)15(16-20-22-23-21-16)10-12-4-6-13(7-5-12)18(26)8-9-19-11-18/h4-7,14-15,19,26H,2-3,8-11H2,1H3,(H,24,25)(H,20,21,22,23)/p+1/t14-,15-,18?/m0/s1. The lowest BCUT2D eigenvalue weighted by atomic mass is 9.83. The number of aromatic amines is 1. The van der Waals surface area contributed by atoms with E-state index in [-0.39, 0.29) is 5.92 Å². The number of aliphatic hydroxyl groups is 1. The second-order valence-electron chi connectivity index (χ2n) is 7.07. The van der Waals surface area contributed by atoms with Crippen molar-refractivity contribution in [2.75, 3.05) is 13.1 Å². The summed E-state index contributed by atoms with van der Waals surface area (Å²) in [7, 11) is 0. The highest BCUT2D eigenvalue weighted by Crippen LogP contribution is 2.31. The average molecular weight is 360 g/mol. The van der Waals surface area contributed by atoms with E-state index >= 15 is 0 Å². The number of H-pyrrole nitrogens is 1. The van der Waals surface area contributed by atoms with Gasteiger partial charge < -0.3 is 15.5 Å². The molecule has 5 N–H and O–H groups in total. The molecule has 2 heterocycles. The van der Waals surface area contributed by atoms with Crippen LogP contribution in [0.3, 0.4) is 0 Å². The minimum atomic E-state index is -0.839. The van der Waals surface area contributed by atoms with E-state index in [4.69, 9.17) is 0 Å². The molecule has 1 aromatic carbocycles. The third-order valence-corrected chi connectivity index (χ3v) is 5.29. The molecule has 0 bridgehead atoms. The number of rotatable bonds is 8. The predicted octanol–water partition coefficient (Wildman–Crippen LogP) is 0.182. The number of carboxylic acid groups (broad SMARTS) is 1. The fourth-order valence-corrected chi connectivity index (χ4v) is 3.80. The zero-order chi connectivity index (χ0) is 18.6. The quantitative estimate of drug-likeness (QED) is 0.532. The smallest absolute Gasteiger partial charge is 0.307 e. The number of nitrogens with two attached hydrogens (primary N) is 1. The number of carbonyl (C=O) groups is 1. The number of tetrazole rings is 1. The van der Waals surface area contributed by atoms with Crippen LogP contribution in [0.25, 0.3) is 0 Å². The molecule has 26 heavy (non-hydrogen) atoms. The van der Waals surface area contributed by atoms with Crippen LogP contribution in [-0.2, 0) is 16.8 Å². The number of aromatic nitrogens is 4. The molecular formula is C18H26N5O3+. The summed E-state index contributed by atoms with van der Waals surface area (Å²) in [5.74, 6) is -1.32. The Bertz CT molecular complexity index is 711. The molecule has 0 radical (unpaired) electrons. The van der Waals surface area contributed by atoms with E-state index in [1.165, 1.54) is 0 Å². The molecular weight excluding hydrogens is 334 g/mol. The Balaban J connectivity index is 1.81. The van der Waals surface area contributed by atoms with Gasteiger partial charge in [0.1, 0.15) is 12.1 Å². The molecule has 0 spiro atoms. The summed E-state index contributed by atoms with van der Waals surface area (Å²) in [6.45, 7) is 3.57. The van der Waals surface area contributed by atoms with Gasteiger partial charge in [-0.05, 0) is 24.0 Å². The largest absolute Gasteiger partial charge is 0.481 e. The average Bonchev–Trinajstić information content (AvgIpc) is 3.31. The highest BCUT2D eigenvalue weighted by molar-refractivity contribution is 5.71. The predicted molar refractivity (Wildman–Crippen MR) is 93.3 cm³/mol. The first-order valence-corrected chi connectivity index (χ1v) is 9.13. The van der Waals surface area contributed by atoms with Gasteiger partial charge >= 0.3 is 5.97 Å². The summed E-state index contributed by atoms with van der Waals surface area (Å²) < 4.78 is 0. The zero-order valence-corrected chi connectivity index (χ0v) is 14.9. The number of benzene rings is 1. The first kappa shape index (κ1) is 18.5. The molecule has 0 saturated carbocycles. The van der Waals surface area contributed by atoms with Gasteiger partial charge in [-0.1, -0.05) is 42.8 Å². The molecule has 1 aliphatic heterocycles. The van der Waals surface area contributed by atoms with E-state index in [1.54, 1.807) is 0 Å². The fourth-order valence-electron chi connectivity index (χ4n) is 3.80. The summed E-state index contributed by atoms with van der Waals surface area (Å²) in [5, 5.41) is 36.5. The Labute approximate surface area is 152 Å². The normalized spacial score (nSPS) is 22.2. The number of carboxylic acids is 1.